The van der Waals surface area contributed by atoms with Crippen LogP contribution < -0.4 is 0 Å². The Hall–Kier alpha value is -17.2. The number of hydrogen-bond donors (Lipinski definition) is 0. The highest BCUT2D eigenvalue weighted by atomic mass is 15.2. The molecule has 0 spiro atoms. The number of benzene rings is 21. The first kappa shape index (κ1) is 68.3. The van der Waals surface area contributed by atoms with Crippen LogP contribution in [0.25, 0.3) is 258 Å². The fourth-order valence-corrected chi connectivity index (χ4v) is 20.0. The fraction of sp³-hybridized carbons (Fsp3) is 0.00847. The summed E-state index contributed by atoms with van der Waals surface area (Å²) in [6.45, 7) is 1.70. The van der Waals surface area contributed by atoms with Gasteiger partial charge in [-0.2, -0.15) is 4.98 Å². The Morgan fingerprint density at radius 3 is 1.10 bits per heavy atom. The molecular weight excluding hydrogens is 1560 g/mol. The van der Waals surface area contributed by atoms with Crippen LogP contribution in [0, 0.1) is 6.92 Å². The summed E-state index contributed by atoms with van der Waals surface area (Å²) >= 11 is 0. The lowest BCUT2D eigenvalue weighted by atomic mass is 9.94. The largest absolute Gasteiger partial charge is 0.278 e. The maximum atomic E-state index is 8.80. The minimum atomic E-state index is -0.299. The van der Waals surface area contributed by atoms with Crippen LogP contribution in [0.2, 0.25) is 0 Å². The lowest BCUT2D eigenvalue weighted by Crippen LogP contribution is -2.04. The van der Waals surface area contributed by atoms with Crippen molar-refractivity contribution in [2.75, 3.05) is 0 Å². The molecule has 0 saturated heterocycles. The molecule has 0 atom stereocenters. The number of rotatable bonds is 6. The Morgan fingerprint density at radius 1 is 0.227 bits per heavy atom. The van der Waals surface area contributed by atoms with Crippen LogP contribution in [0.3, 0.4) is 0 Å². The first-order chi connectivity index (χ1) is 65.0. The molecule has 0 N–H and O–H groups in total. The topological polar surface area (TPSA) is 105 Å². The van der Waals surface area contributed by atoms with Crippen molar-refractivity contribution in [1.29, 1.82) is 0 Å². The molecule has 0 unspecified atom stereocenters. The Kier molecular flexibility index (Phi) is 15.5. The van der Waals surface area contributed by atoms with E-state index in [1.165, 1.54) is 108 Å². The monoisotopic (exact) mass is 1640 g/mol. The summed E-state index contributed by atoms with van der Waals surface area (Å²) in [7, 11) is 0. The van der Waals surface area contributed by atoms with Gasteiger partial charge in [0, 0.05) is 83.6 Å². The van der Waals surface area contributed by atoms with Gasteiger partial charge in [-0.15, -0.1) is 0 Å². The SMILES string of the molecule is [2HH].[2H]c1c([2H])c([2H])c(-c2nc(-n3c4cc5ccccc5cc4c4cc5ccccc5cc43)nc3ncccc23)c(C)c1[2H].c1ccc2cc3c(cc2c1)c1ccc2ccccc2c1n3-c1nc(-c2cc3ccccc3c3ccccc23)c2ccccc2n1.c1ccc2cc3c(cc2c1)c1ccc2ccccc2c1n3-c1nc(-c2ccc3c(ccc4ccccc43)c2)c2ccccc2n1. The summed E-state index contributed by atoms with van der Waals surface area (Å²) < 4.78 is 40.5. The zero-order valence-electron chi connectivity index (χ0n) is 73.0. The van der Waals surface area contributed by atoms with E-state index in [-0.39, 0.29) is 25.6 Å². The van der Waals surface area contributed by atoms with E-state index >= 15 is 0 Å². The number of hydrogen-bond acceptors (Lipinski definition) is 7. The van der Waals surface area contributed by atoms with Crippen LogP contribution in [0.1, 0.15) is 12.5 Å². The third kappa shape index (κ3) is 11.6. The summed E-state index contributed by atoms with van der Waals surface area (Å²) in [5.41, 5.74) is 13.9. The van der Waals surface area contributed by atoms with Crippen LogP contribution in [-0.4, -0.2) is 48.6 Å². The van der Waals surface area contributed by atoms with E-state index in [1.54, 1.807) is 19.2 Å². The van der Waals surface area contributed by atoms with E-state index in [2.05, 4.69) is 366 Å². The molecule has 21 aromatic carbocycles. The standard InChI is InChI=1S/2C42H25N3.C34H22N4.H2/c1-2-13-28-25-39-36(23-27(28)12-1)34-22-21-26-11-3-6-16-31(26)41(34)45(39)42-43-38-20-10-9-19-35(38)40(44-42)37-24-29-14-4-5-15-30(29)32-17-7-8-18-33(32)37;1-2-12-29-25-39-37(24-28(29)11-1)35-22-19-27-10-4-6-14-34(27)41(35)45(39)42-43-38-16-8-7-15-36(38)40(44-42)31-20-21-33-30(23-31)18-17-26-9-3-5-13-32(26)33;1-21-9-2-7-14-26(21)32-27-15-8-16-35-33(27)37-34(36-32)38-30-19-24-12-5-3-10-22(24)17-28(30)29-18-23-11-4-6-13-25(23)20-31(29)38;/h2*1-25H;2-20H,1H3;1H/i;;2D,7D,9D,14D;1+1. The molecule has 0 fully saturated rings. The van der Waals surface area contributed by atoms with Crippen molar-refractivity contribution in [1.82, 2.24) is 48.6 Å². The van der Waals surface area contributed by atoms with Gasteiger partial charge in [0.1, 0.15) is 0 Å². The molecule has 0 saturated carbocycles. The van der Waals surface area contributed by atoms with Crippen molar-refractivity contribution in [2.24, 2.45) is 0 Å². The third-order valence-electron chi connectivity index (χ3n) is 25.9. The molecule has 0 aliphatic carbocycles. The highest BCUT2D eigenvalue weighted by Crippen LogP contribution is 2.46. The van der Waals surface area contributed by atoms with Gasteiger partial charge in [0.25, 0.3) is 0 Å². The number of para-hydroxylation sites is 2. The molecule has 7 aromatic heterocycles. The maximum absolute atomic E-state index is 8.80. The molecular formula is C118H74N10. The summed E-state index contributed by atoms with van der Waals surface area (Å²) in [4.78, 5) is 36.0. The Morgan fingerprint density at radius 2 is 0.570 bits per heavy atom. The van der Waals surface area contributed by atoms with E-state index in [0.717, 1.165) is 110 Å². The normalized spacial score (nSPS) is 12.4. The zero-order valence-corrected chi connectivity index (χ0v) is 69.0. The first-order valence-electron chi connectivity index (χ1n) is 45.1. The van der Waals surface area contributed by atoms with E-state index in [0.29, 0.717) is 45.7 Å². The van der Waals surface area contributed by atoms with Crippen LogP contribution in [-0.2, 0) is 0 Å². The molecule has 0 aliphatic rings. The number of pyridine rings is 1. The minimum Gasteiger partial charge on any atom is -0.278 e. The van der Waals surface area contributed by atoms with Crippen molar-refractivity contribution in [3.8, 4) is 51.6 Å². The molecule has 0 amide bonds. The Labute approximate surface area is 739 Å². The Bertz CT molecular complexity index is 9750. The minimum absolute atomic E-state index is 0. The zero-order chi connectivity index (χ0) is 87.7. The smallest absolute Gasteiger partial charge is 0.237 e. The highest BCUT2D eigenvalue weighted by Gasteiger charge is 2.26. The molecule has 0 bridgehead atoms. The molecule has 28 aromatic rings. The molecule has 0 radical (unpaired) electrons. The van der Waals surface area contributed by atoms with E-state index in [9.17, 15) is 0 Å². The van der Waals surface area contributed by atoms with E-state index in [1.807, 2.05) is 34.9 Å². The van der Waals surface area contributed by atoms with Gasteiger partial charge in [-0.25, -0.2) is 29.9 Å². The van der Waals surface area contributed by atoms with Gasteiger partial charge < -0.3 is 0 Å². The van der Waals surface area contributed by atoms with Crippen LogP contribution in [0.5, 0.6) is 0 Å². The first-order valence-corrected chi connectivity index (χ1v) is 43.1. The predicted octanol–water partition coefficient (Wildman–Crippen LogP) is 30.7. The van der Waals surface area contributed by atoms with Crippen molar-refractivity contribution in [3.63, 3.8) is 0 Å². The Balaban J connectivity index is 0.000000107. The number of aromatic nitrogens is 10. The highest BCUT2D eigenvalue weighted by molar-refractivity contribution is 6.24. The fourth-order valence-electron chi connectivity index (χ4n) is 20.0. The van der Waals surface area contributed by atoms with Crippen LogP contribution in [0.4, 0.5) is 0 Å². The van der Waals surface area contributed by atoms with Gasteiger partial charge in [-0.05, 0) is 194 Å². The average molecular weight is 1640 g/mol. The van der Waals surface area contributed by atoms with Gasteiger partial charge in [0.2, 0.25) is 17.8 Å². The lowest BCUT2D eigenvalue weighted by molar-refractivity contribution is 1.00. The van der Waals surface area contributed by atoms with Crippen LogP contribution >= 0.6 is 0 Å². The summed E-state index contributed by atoms with van der Waals surface area (Å²) in [6, 6.07) is 137. The van der Waals surface area contributed by atoms with E-state index in [4.69, 9.17) is 35.4 Å². The molecule has 7 heterocycles. The molecule has 28 rings (SSSR count). The van der Waals surface area contributed by atoms with Gasteiger partial charge in [0.05, 0.1) is 66.7 Å². The molecule has 128 heavy (non-hydrogen) atoms. The van der Waals surface area contributed by atoms with Gasteiger partial charge >= 0.3 is 0 Å². The second-order valence-electron chi connectivity index (χ2n) is 33.2. The van der Waals surface area contributed by atoms with E-state index < -0.39 is 0 Å². The van der Waals surface area contributed by atoms with Gasteiger partial charge in [-0.3, -0.25) is 13.7 Å². The van der Waals surface area contributed by atoms with Crippen molar-refractivity contribution in [3.05, 3.63) is 424 Å². The lowest BCUT2D eigenvalue weighted by Gasteiger charge is -2.15. The van der Waals surface area contributed by atoms with Crippen molar-refractivity contribution >= 4 is 206 Å². The molecule has 596 valence electrons. The summed E-state index contributed by atoms with van der Waals surface area (Å²) in [6.07, 6.45) is 1.67. The number of fused-ring (bicyclic) bond motifs is 26. The molecule has 0 aliphatic heterocycles. The quantitative estimate of drug-likeness (QED) is 0.153. The second-order valence-corrected chi connectivity index (χ2v) is 33.2. The third-order valence-corrected chi connectivity index (χ3v) is 25.9. The summed E-state index contributed by atoms with van der Waals surface area (Å²) in [5.74, 6) is 1.73. The van der Waals surface area contributed by atoms with Crippen LogP contribution in [0.15, 0.2) is 419 Å². The second kappa shape index (κ2) is 29.0. The predicted molar refractivity (Wildman–Crippen MR) is 538 cm³/mol. The molecule has 10 nitrogen and oxygen atoms in total. The van der Waals surface area contributed by atoms with Crippen molar-refractivity contribution in [2.45, 2.75) is 6.92 Å². The number of nitrogens with zero attached hydrogens (tertiary/aromatic N) is 10. The average Bonchev–Trinajstić information content (AvgIpc) is 1.58. The van der Waals surface area contributed by atoms with Gasteiger partial charge in [0.15, 0.2) is 5.65 Å². The van der Waals surface area contributed by atoms with Gasteiger partial charge in [-0.1, -0.05) is 327 Å². The maximum Gasteiger partial charge on any atom is 0.237 e. The molecule has 10 heteroatoms. The summed E-state index contributed by atoms with van der Waals surface area (Å²) in [5, 5.41) is 33.5. The van der Waals surface area contributed by atoms with Crippen molar-refractivity contribution < 1.29 is 6.91 Å².